The first-order valence-electron chi connectivity index (χ1n) is 10.1. The molecule has 2 aromatic carbocycles. The van der Waals surface area contributed by atoms with E-state index in [1.54, 1.807) is 11.3 Å². The molecule has 0 spiro atoms. The Kier molecular flexibility index (Phi) is 4.41. The minimum absolute atomic E-state index is 0.165. The number of hydrogen-bond acceptors (Lipinski definition) is 3. The van der Waals surface area contributed by atoms with E-state index in [4.69, 9.17) is 0 Å². The smallest absolute Gasteiger partial charge is 0.319 e. The molecule has 6 heteroatoms. The van der Waals surface area contributed by atoms with Gasteiger partial charge >= 0.3 is 6.03 Å². The van der Waals surface area contributed by atoms with Gasteiger partial charge in [0.15, 0.2) is 6.67 Å². The van der Waals surface area contributed by atoms with E-state index in [-0.39, 0.29) is 11.9 Å². The van der Waals surface area contributed by atoms with Gasteiger partial charge in [-0.1, -0.05) is 42.5 Å². The van der Waals surface area contributed by atoms with E-state index >= 15 is 0 Å². The molecule has 5 nitrogen and oxygen atoms in total. The Hall–Kier alpha value is -2.70. The highest BCUT2D eigenvalue weighted by atomic mass is 32.1. The molecule has 0 saturated carbocycles. The molecule has 0 aliphatic carbocycles. The Morgan fingerprint density at radius 1 is 1.14 bits per heavy atom. The monoisotopic (exact) mass is 406 g/mol. The van der Waals surface area contributed by atoms with Crippen molar-refractivity contribution in [3.8, 4) is 0 Å². The van der Waals surface area contributed by atoms with Crippen LogP contribution in [0, 0.1) is 0 Å². The highest BCUT2D eigenvalue weighted by Crippen LogP contribution is 2.31. The number of quaternary nitrogens is 1. The summed E-state index contributed by atoms with van der Waals surface area (Å²) in [5.74, 6) is -0.165. The minimum Gasteiger partial charge on any atom is -0.319 e. The number of nitrogens with one attached hydrogen (secondary N) is 2. The fourth-order valence-electron chi connectivity index (χ4n) is 4.67. The molecule has 1 aromatic heterocycles. The third-order valence-corrected chi connectivity index (χ3v) is 7.32. The number of nitrogens with zero attached hydrogens (tertiary/aromatic N) is 1. The molecule has 2 saturated heterocycles. The predicted molar refractivity (Wildman–Crippen MR) is 114 cm³/mol. The number of hydrogen-bond donors (Lipinski definition) is 2. The molecule has 29 heavy (non-hydrogen) atoms. The van der Waals surface area contributed by atoms with E-state index in [9.17, 15) is 9.59 Å². The Bertz CT molecular complexity index is 1080. The molecule has 5 rings (SSSR count). The van der Waals surface area contributed by atoms with E-state index < -0.39 is 5.54 Å². The fourth-order valence-corrected chi connectivity index (χ4v) is 5.59. The lowest BCUT2D eigenvalue weighted by Crippen LogP contribution is -3.12. The Morgan fingerprint density at radius 2 is 1.97 bits per heavy atom. The summed E-state index contributed by atoms with van der Waals surface area (Å²) in [4.78, 5) is 30.2. The van der Waals surface area contributed by atoms with Gasteiger partial charge in [-0.15, -0.1) is 11.3 Å². The van der Waals surface area contributed by atoms with Crippen LogP contribution in [-0.4, -0.2) is 30.1 Å². The van der Waals surface area contributed by atoms with E-state index in [1.807, 2.05) is 49.4 Å². The van der Waals surface area contributed by atoms with Crippen LogP contribution < -0.4 is 10.2 Å². The van der Waals surface area contributed by atoms with Gasteiger partial charge in [-0.05, 0) is 40.8 Å². The lowest BCUT2D eigenvalue weighted by atomic mass is 9.90. The van der Waals surface area contributed by atoms with Crippen molar-refractivity contribution in [3.63, 3.8) is 0 Å². The van der Waals surface area contributed by atoms with Crippen LogP contribution in [0.1, 0.15) is 36.2 Å². The summed E-state index contributed by atoms with van der Waals surface area (Å²) in [7, 11) is 0. The van der Waals surface area contributed by atoms with Crippen LogP contribution in [-0.2, 0) is 10.3 Å². The number of likely N-dealkylation sites (tertiary alicyclic amines) is 1. The van der Waals surface area contributed by atoms with Crippen LogP contribution in [0.15, 0.2) is 60.0 Å². The summed E-state index contributed by atoms with van der Waals surface area (Å²) >= 11 is 1.76. The van der Waals surface area contributed by atoms with Crippen molar-refractivity contribution in [1.29, 1.82) is 0 Å². The Balaban J connectivity index is 1.41. The van der Waals surface area contributed by atoms with Crippen molar-refractivity contribution < 1.29 is 14.5 Å². The molecule has 2 N–H and O–H groups in total. The van der Waals surface area contributed by atoms with Crippen molar-refractivity contribution in [2.75, 3.05) is 13.2 Å². The molecular formula is C23H24N3O2S+. The zero-order valence-electron chi connectivity index (χ0n) is 16.4. The van der Waals surface area contributed by atoms with Gasteiger partial charge in [0.1, 0.15) is 11.6 Å². The Labute approximate surface area is 173 Å². The number of benzene rings is 2. The van der Waals surface area contributed by atoms with Gasteiger partial charge in [-0.3, -0.25) is 4.79 Å². The maximum absolute atomic E-state index is 13.4. The third-order valence-electron chi connectivity index (χ3n) is 6.33. The molecular weight excluding hydrogens is 382 g/mol. The molecule has 3 amide bonds. The first-order chi connectivity index (χ1) is 14.1. The number of carbonyl (C=O) groups excluding carboxylic acids is 2. The van der Waals surface area contributed by atoms with Crippen LogP contribution in [0.2, 0.25) is 0 Å². The van der Waals surface area contributed by atoms with Crippen LogP contribution in [0.25, 0.3) is 10.8 Å². The second-order valence-corrected chi connectivity index (χ2v) is 9.11. The summed E-state index contributed by atoms with van der Waals surface area (Å²) in [6.45, 7) is 3.20. The first-order valence-corrected chi connectivity index (χ1v) is 11.0. The number of rotatable bonds is 4. The molecule has 3 atom stereocenters. The van der Waals surface area contributed by atoms with Gasteiger partial charge < -0.3 is 10.2 Å². The number of fused-ring (bicyclic) bond motifs is 1. The standard InChI is InChI=1S/C23H23N3O2S/c1-23(18-11-10-16-6-2-3-7-17(16)14-18)21(27)26(22(28)24-23)15-25-12-4-8-19(25)20-9-5-13-29-20/h2-3,5-7,9-11,13-14,19H,4,8,12,15H2,1H3,(H,24,28)/p+1/t19-,23-/m1/s1. The van der Waals surface area contributed by atoms with Crippen molar-refractivity contribution in [1.82, 2.24) is 10.2 Å². The van der Waals surface area contributed by atoms with Crippen molar-refractivity contribution in [2.24, 2.45) is 0 Å². The third kappa shape index (κ3) is 3.03. The molecule has 148 valence electrons. The average molecular weight is 407 g/mol. The maximum Gasteiger partial charge on any atom is 0.329 e. The summed E-state index contributed by atoms with van der Waals surface area (Å²) < 4.78 is 0. The number of carbonyl (C=O) groups is 2. The summed E-state index contributed by atoms with van der Waals surface area (Å²) in [5, 5.41) is 7.24. The molecule has 1 unspecified atom stereocenters. The van der Waals surface area contributed by atoms with Crippen molar-refractivity contribution >= 4 is 34.0 Å². The van der Waals surface area contributed by atoms with E-state index in [2.05, 4.69) is 22.8 Å². The van der Waals surface area contributed by atoms with E-state index in [1.165, 1.54) is 14.7 Å². The fraction of sp³-hybridized carbons (Fsp3) is 0.304. The number of imide groups is 1. The SMILES string of the molecule is C[C@]1(c2ccc3ccccc3c2)NC(=O)N(C[NH+]2CCC[C@@H]2c2cccs2)C1=O. The van der Waals surface area contributed by atoms with Crippen molar-refractivity contribution in [2.45, 2.75) is 31.3 Å². The van der Waals surface area contributed by atoms with Gasteiger partial charge in [0.25, 0.3) is 5.91 Å². The lowest BCUT2D eigenvalue weighted by molar-refractivity contribution is -0.925. The van der Waals surface area contributed by atoms with Gasteiger partial charge in [-0.2, -0.15) is 0 Å². The van der Waals surface area contributed by atoms with E-state index in [0.29, 0.717) is 12.7 Å². The van der Waals surface area contributed by atoms with Gasteiger partial charge in [-0.25, -0.2) is 9.69 Å². The number of thiophene rings is 1. The highest BCUT2D eigenvalue weighted by molar-refractivity contribution is 7.10. The Morgan fingerprint density at radius 3 is 2.76 bits per heavy atom. The maximum atomic E-state index is 13.4. The normalized spacial score (nSPS) is 27.0. The molecule has 3 heterocycles. The average Bonchev–Trinajstić information content (AvgIpc) is 3.45. The molecule has 0 radical (unpaired) electrons. The highest BCUT2D eigenvalue weighted by Gasteiger charge is 2.51. The largest absolute Gasteiger partial charge is 0.329 e. The zero-order valence-corrected chi connectivity index (χ0v) is 17.2. The van der Waals surface area contributed by atoms with Crippen LogP contribution >= 0.6 is 11.3 Å². The zero-order chi connectivity index (χ0) is 20.0. The number of urea groups is 1. The molecule has 3 aromatic rings. The van der Waals surface area contributed by atoms with E-state index in [0.717, 1.165) is 35.7 Å². The molecule has 0 bridgehead atoms. The molecule has 2 fully saturated rings. The second kappa shape index (κ2) is 6.97. The quantitative estimate of drug-likeness (QED) is 0.655. The first kappa shape index (κ1) is 18.3. The van der Waals surface area contributed by atoms with Gasteiger partial charge in [0.05, 0.1) is 11.4 Å². The molecule has 2 aliphatic rings. The summed E-state index contributed by atoms with van der Waals surface area (Å²) in [5.41, 5.74) is -0.207. The lowest BCUT2D eigenvalue weighted by Gasteiger charge is -2.26. The van der Waals surface area contributed by atoms with Gasteiger partial charge in [0.2, 0.25) is 0 Å². The molecule has 2 aliphatic heterocycles. The minimum atomic E-state index is -1.03. The van der Waals surface area contributed by atoms with Crippen molar-refractivity contribution in [3.05, 3.63) is 70.4 Å². The van der Waals surface area contributed by atoms with Gasteiger partial charge in [0, 0.05) is 12.8 Å². The predicted octanol–water partition coefficient (Wildman–Crippen LogP) is 3.05. The summed E-state index contributed by atoms with van der Waals surface area (Å²) in [6, 6.07) is 18.3. The number of amides is 3. The van der Waals surface area contributed by atoms with Crippen LogP contribution in [0.3, 0.4) is 0 Å². The topological polar surface area (TPSA) is 53.9 Å². The van der Waals surface area contributed by atoms with Crippen LogP contribution in [0.5, 0.6) is 0 Å². The van der Waals surface area contributed by atoms with Crippen LogP contribution in [0.4, 0.5) is 4.79 Å². The summed E-state index contributed by atoms with van der Waals surface area (Å²) in [6.07, 6.45) is 2.21. The second-order valence-electron chi connectivity index (χ2n) is 8.13.